The van der Waals surface area contributed by atoms with Crippen LogP contribution in [0.1, 0.15) is 19.3 Å². The number of rotatable bonds is 3. The maximum atomic E-state index is 11.7. The zero-order chi connectivity index (χ0) is 13.0. The molecule has 18 heavy (non-hydrogen) atoms. The highest BCUT2D eigenvalue weighted by Crippen LogP contribution is 2.22. The summed E-state index contributed by atoms with van der Waals surface area (Å²) in [5.41, 5.74) is 0. The van der Waals surface area contributed by atoms with E-state index in [1.54, 1.807) is 18.5 Å². The van der Waals surface area contributed by atoms with Crippen LogP contribution in [-0.2, 0) is 14.6 Å². The molecule has 0 spiro atoms. The van der Waals surface area contributed by atoms with E-state index in [1.165, 1.54) is 0 Å². The zero-order valence-corrected chi connectivity index (χ0v) is 10.7. The van der Waals surface area contributed by atoms with Gasteiger partial charge in [-0.25, -0.2) is 18.4 Å². The van der Waals surface area contributed by atoms with Crippen LogP contribution in [0.4, 0.5) is 5.95 Å². The number of nitrogens with one attached hydrogen (secondary N) is 1. The Kier molecular flexibility index (Phi) is 3.90. The molecule has 2 heterocycles. The molecule has 0 saturated carbocycles. The molecule has 1 aromatic heterocycles. The van der Waals surface area contributed by atoms with Crippen LogP contribution in [0.3, 0.4) is 0 Å². The lowest BCUT2D eigenvalue weighted by Gasteiger charge is -2.20. The van der Waals surface area contributed by atoms with E-state index >= 15 is 0 Å². The largest absolute Gasteiger partial charge is 0.295 e. The van der Waals surface area contributed by atoms with Gasteiger partial charge in [-0.15, -0.1) is 0 Å². The van der Waals surface area contributed by atoms with Crippen molar-refractivity contribution in [2.45, 2.75) is 19.3 Å². The van der Waals surface area contributed by atoms with Crippen molar-refractivity contribution in [3.63, 3.8) is 0 Å². The van der Waals surface area contributed by atoms with E-state index in [0.717, 1.165) is 0 Å². The van der Waals surface area contributed by atoms with Crippen LogP contribution in [0.2, 0.25) is 0 Å². The molecule has 0 atom stereocenters. The fourth-order valence-corrected chi connectivity index (χ4v) is 3.53. The maximum absolute atomic E-state index is 11.7. The van der Waals surface area contributed by atoms with Crippen molar-refractivity contribution in [2.75, 3.05) is 16.8 Å². The molecule has 98 valence electrons. The van der Waals surface area contributed by atoms with Gasteiger partial charge in [0.05, 0.1) is 11.5 Å². The normalized spacial score (nSPS) is 19.3. The lowest BCUT2D eigenvalue weighted by atomic mass is 9.98. The van der Waals surface area contributed by atoms with Gasteiger partial charge >= 0.3 is 0 Å². The molecule has 1 N–H and O–H groups in total. The van der Waals surface area contributed by atoms with Crippen LogP contribution in [0, 0.1) is 5.92 Å². The van der Waals surface area contributed by atoms with Gasteiger partial charge in [-0.2, -0.15) is 0 Å². The predicted molar refractivity (Wildman–Crippen MR) is 66.7 cm³/mol. The molecule has 1 aliphatic heterocycles. The zero-order valence-electron chi connectivity index (χ0n) is 9.87. The van der Waals surface area contributed by atoms with Crippen molar-refractivity contribution in [3.05, 3.63) is 18.5 Å². The van der Waals surface area contributed by atoms with Crippen LogP contribution in [-0.4, -0.2) is 35.8 Å². The summed E-state index contributed by atoms with van der Waals surface area (Å²) in [4.78, 5) is 19.5. The van der Waals surface area contributed by atoms with E-state index in [4.69, 9.17) is 0 Å². The van der Waals surface area contributed by atoms with Gasteiger partial charge in [0.1, 0.15) is 9.84 Å². The molecule has 0 radical (unpaired) electrons. The van der Waals surface area contributed by atoms with Crippen LogP contribution < -0.4 is 5.32 Å². The van der Waals surface area contributed by atoms with E-state index in [1.807, 2.05) is 0 Å². The summed E-state index contributed by atoms with van der Waals surface area (Å²) in [6, 6.07) is 1.67. The molecule has 1 fully saturated rings. The SMILES string of the molecule is O=C(CC1CCS(=O)(=O)CC1)Nc1ncccn1. The third-order valence-corrected chi connectivity index (χ3v) is 4.68. The van der Waals surface area contributed by atoms with Crippen LogP contribution in [0.15, 0.2) is 18.5 Å². The van der Waals surface area contributed by atoms with Crippen LogP contribution in [0.5, 0.6) is 0 Å². The molecule has 1 saturated heterocycles. The maximum Gasteiger partial charge on any atom is 0.229 e. The molecule has 1 aliphatic rings. The topological polar surface area (TPSA) is 89.0 Å². The number of amides is 1. The Labute approximate surface area is 106 Å². The van der Waals surface area contributed by atoms with Gasteiger partial charge in [0.2, 0.25) is 11.9 Å². The minimum absolute atomic E-state index is 0.136. The Bertz CT molecular complexity index is 502. The molecule has 2 rings (SSSR count). The Morgan fingerprint density at radius 2 is 1.89 bits per heavy atom. The first-order valence-electron chi connectivity index (χ1n) is 5.82. The molecule has 0 unspecified atom stereocenters. The van der Waals surface area contributed by atoms with Gasteiger partial charge in [-0.3, -0.25) is 10.1 Å². The highest BCUT2D eigenvalue weighted by molar-refractivity contribution is 7.91. The number of hydrogen-bond acceptors (Lipinski definition) is 5. The van der Waals surface area contributed by atoms with E-state index in [9.17, 15) is 13.2 Å². The molecule has 0 bridgehead atoms. The first-order valence-corrected chi connectivity index (χ1v) is 7.64. The van der Waals surface area contributed by atoms with Crippen LogP contribution >= 0.6 is 0 Å². The van der Waals surface area contributed by atoms with Crippen LogP contribution in [0.25, 0.3) is 0 Å². The van der Waals surface area contributed by atoms with E-state index in [2.05, 4.69) is 15.3 Å². The van der Waals surface area contributed by atoms with Crippen molar-refractivity contribution in [2.24, 2.45) is 5.92 Å². The number of nitrogens with zero attached hydrogens (tertiary/aromatic N) is 2. The second-order valence-corrected chi connectivity index (χ2v) is 6.72. The second kappa shape index (κ2) is 5.43. The van der Waals surface area contributed by atoms with E-state index in [0.29, 0.717) is 19.3 Å². The fraction of sp³-hybridized carbons (Fsp3) is 0.545. The second-order valence-electron chi connectivity index (χ2n) is 4.42. The van der Waals surface area contributed by atoms with Gasteiger partial charge in [0.15, 0.2) is 0 Å². The number of aromatic nitrogens is 2. The van der Waals surface area contributed by atoms with Gasteiger partial charge in [0, 0.05) is 18.8 Å². The minimum atomic E-state index is -2.87. The fourth-order valence-electron chi connectivity index (χ4n) is 1.94. The Balaban J connectivity index is 1.82. The molecular weight excluding hydrogens is 254 g/mol. The standard InChI is InChI=1S/C11H15N3O3S/c15-10(14-11-12-4-1-5-13-11)8-9-2-6-18(16,17)7-3-9/h1,4-5,9H,2-3,6-8H2,(H,12,13,14,15). The molecule has 0 aliphatic carbocycles. The Hall–Kier alpha value is -1.50. The molecule has 1 aromatic rings. The van der Waals surface area contributed by atoms with E-state index < -0.39 is 9.84 Å². The molecule has 0 aromatic carbocycles. The summed E-state index contributed by atoms with van der Waals surface area (Å²) in [7, 11) is -2.87. The van der Waals surface area contributed by atoms with Crippen molar-refractivity contribution < 1.29 is 13.2 Å². The molecular formula is C11H15N3O3S. The summed E-state index contributed by atoms with van der Waals surface area (Å²) in [6.45, 7) is 0. The van der Waals surface area contributed by atoms with Crippen molar-refractivity contribution in [1.82, 2.24) is 9.97 Å². The highest BCUT2D eigenvalue weighted by Gasteiger charge is 2.25. The quantitative estimate of drug-likeness (QED) is 0.869. The van der Waals surface area contributed by atoms with Gasteiger partial charge < -0.3 is 0 Å². The smallest absolute Gasteiger partial charge is 0.229 e. The van der Waals surface area contributed by atoms with E-state index in [-0.39, 0.29) is 29.3 Å². The average molecular weight is 269 g/mol. The highest BCUT2D eigenvalue weighted by atomic mass is 32.2. The first-order chi connectivity index (χ1) is 8.55. The lowest BCUT2D eigenvalue weighted by Crippen LogP contribution is -2.26. The number of anilines is 1. The number of carbonyl (C=O) groups is 1. The summed E-state index contributed by atoms with van der Waals surface area (Å²) in [5.74, 6) is 0.633. The number of carbonyl (C=O) groups excluding carboxylic acids is 1. The third kappa shape index (κ3) is 3.76. The van der Waals surface area contributed by atoms with Crippen molar-refractivity contribution in [1.29, 1.82) is 0 Å². The van der Waals surface area contributed by atoms with Crippen molar-refractivity contribution >= 4 is 21.7 Å². The molecule has 1 amide bonds. The lowest BCUT2D eigenvalue weighted by molar-refractivity contribution is -0.117. The average Bonchev–Trinajstić information content (AvgIpc) is 2.33. The number of sulfone groups is 1. The summed E-state index contributed by atoms with van der Waals surface area (Å²) in [6.07, 6.45) is 4.55. The van der Waals surface area contributed by atoms with Gasteiger partial charge in [-0.05, 0) is 24.8 Å². The number of hydrogen-bond donors (Lipinski definition) is 1. The monoisotopic (exact) mass is 269 g/mol. The minimum Gasteiger partial charge on any atom is -0.295 e. The van der Waals surface area contributed by atoms with Gasteiger partial charge in [0.25, 0.3) is 0 Å². The molecule has 7 heteroatoms. The van der Waals surface area contributed by atoms with Crippen molar-refractivity contribution in [3.8, 4) is 0 Å². The first kappa shape index (κ1) is 12.9. The van der Waals surface area contributed by atoms with Gasteiger partial charge in [-0.1, -0.05) is 0 Å². The Morgan fingerprint density at radius 1 is 1.28 bits per heavy atom. The third-order valence-electron chi connectivity index (χ3n) is 2.97. The summed E-state index contributed by atoms with van der Waals surface area (Å²) in [5, 5.41) is 2.60. The Morgan fingerprint density at radius 3 is 2.50 bits per heavy atom. The summed E-state index contributed by atoms with van der Waals surface area (Å²) >= 11 is 0. The summed E-state index contributed by atoms with van der Waals surface area (Å²) < 4.78 is 22.5. The molecule has 6 nitrogen and oxygen atoms in total. The predicted octanol–water partition coefficient (Wildman–Crippen LogP) is 0.630.